The van der Waals surface area contributed by atoms with Crippen LogP contribution in [0.25, 0.3) is 5.69 Å². The van der Waals surface area contributed by atoms with Gasteiger partial charge in [-0.3, -0.25) is 4.79 Å². The van der Waals surface area contributed by atoms with Gasteiger partial charge in [-0.2, -0.15) is 5.10 Å². The first kappa shape index (κ1) is 18.1. The lowest BCUT2D eigenvalue weighted by Crippen LogP contribution is -2.31. The van der Waals surface area contributed by atoms with Gasteiger partial charge in [-0.05, 0) is 37.7 Å². The number of nitrogens with one attached hydrogen (secondary N) is 2. The van der Waals surface area contributed by atoms with Crippen LogP contribution in [0.15, 0.2) is 30.5 Å². The molecule has 0 aliphatic rings. The minimum atomic E-state index is -0.301. The van der Waals surface area contributed by atoms with Crippen molar-refractivity contribution in [3.05, 3.63) is 47.5 Å². The predicted octanol–water partition coefficient (Wildman–Crippen LogP) is 2.08. The molecule has 1 aromatic heterocycles. The Hall–Kier alpha value is -1.92. The summed E-state index contributed by atoms with van der Waals surface area (Å²) >= 11 is 0. The van der Waals surface area contributed by atoms with Gasteiger partial charge in [0, 0.05) is 13.1 Å². The van der Waals surface area contributed by atoms with Gasteiger partial charge in [-0.25, -0.2) is 9.07 Å². The fourth-order valence-electron chi connectivity index (χ4n) is 2.01. The Labute approximate surface area is 135 Å². The van der Waals surface area contributed by atoms with Gasteiger partial charge in [0.15, 0.2) is 0 Å². The monoisotopic (exact) mass is 326 g/mol. The van der Waals surface area contributed by atoms with Gasteiger partial charge >= 0.3 is 0 Å². The highest BCUT2D eigenvalue weighted by Gasteiger charge is 2.14. The molecule has 1 amide bonds. The standard InChI is InChI=1S/C15H19FN4O.ClH/c1-3-17-8-9-18-15(21)14-10-19-20(11(14)2)13-6-4-12(16)5-7-13;/h4-7,10,17H,3,8-9H2,1-2H3,(H,18,21);1H. The summed E-state index contributed by atoms with van der Waals surface area (Å²) < 4.78 is 14.6. The molecule has 0 unspecified atom stereocenters. The molecule has 2 N–H and O–H groups in total. The van der Waals surface area contributed by atoms with Crippen molar-refractivity contribution >= 4 is 18.3 Å². The molecular formula is C15H20ClFN4O. The Morgan fingerprint density at radius 3 is 2.59 bits per heavy atom. The number of aromatic nitrogens is 2. The molecule has 0 aliphatic heterocycles. The van der Waals surface area contributed by atoms with E-state index in [0.717, 1.165) is 24.5 Å². The highest BCUT2D eigenvalue weighted by Crippen LogP contribution is 2.14. The van der Waals surface area contributed by atoms with Crippen LogP contribution in [-0.2, 0) is 0 Å². The molecular weight excluding hydrogens is 307 g/mol. The zero-order valence-electron chi connectivity index (χ0n) is 12.6. The maximum Gasteiger partial charge on any atom is 0.254 e. The lowest BCUT2D eigenvalue weighted by Gasteiger charge is -2.07. The van der Waals surface area contributed by atoms with E-state index in [9.17, 15) is 9.18 Å². The first-order valence-electron chi connectivity index (χ1n) is 6.93. The van der Waals surface area contributed by atoms with Crippen LogP contribution in [0.2, 0.25) is 0 Å². The summed E-state index contributed by atoms with van der Waals surface area (Å²) in [6, 6.07) is 5.99. The van der Waals surface area contributed by atoms with E-state index >= 15 is 0 Å². The molecule has 0 aliphatic carbocycles. The number of hydrogen-bond donors (Lipinski definition) is 2. The number of likely N-dealkylation sites (N-methyl/N-ethyl adjacent to an activating group) is 1. The molecule has 120 valence electrons. The Balaban J connectivity index is 0.00000242. The van der Waals surface area contributed by atoms with Crippen molar-refractivity contribution < 1.29 is 9.18 Å². The third kappa shape index (κ3) is 4.29. The third-order valence-corrected chi connectivity index (χ3v) is 3.16. The highest BCUT2D eigenvalue weighted by molar-refractivity contribution is 5.95. The summed E-state index contributed by atoms with van der Waals surface area (Å²) in [7, 11) is 0. The number of rotatable bonds is 6. The van der Waals surface area contributed by atoms with E-state index in [1.54, 1.807) is 16.8 Å². The largest absolute Gasteiger partial charge is 0.351 e. The summed E-state index contributed by atoms with van der Waals surface area (Å²) in [5.74, 6) is -0.455. The average molecular weight is 327 g/mol. The van der Waals surface area contributed by atoms with Crippen molar-refractivity contribution in [2.75, 3.05) is 19.6 Å². The topological polar surface area (TPSA) is 58.9 Å². The van der Waals surface area contributed by atoms with E-state index in [2.05, 4.69) is 15.7 Å². The molecule has 7 heteroatoms. The SMILES string of the molecule is CCNCCNC(=O)c1cnn(-c2ccc(F)cc2)c1C.Cl. The van der Waals surface area contributed by atoms with Crippen LogP contribution in [-0.4, -0.2) is 35.3 Å². The van der Waals surface area contributed by atoms with Gasteiger partial charge < -0.3 is 10.6 Å². The zero-order chi connectivity index (χ0) is 15.2. The quantitative estimate of drug-likeness (QED) is 0.799. The molecule has 0 spiro atoms. The van der Waals surface area contributed by atoms with Crippen molar-refractivity contribution in [1.29, 1.82) is 0 Å². The van der Waals surface area contributed by atoms with E-state index in [1.807, 2.05) is 13.8 Å². The van der Waals surface area contributed by atoms with E-state index in [-0.39, 0.29) is 24.1 Å². The Morgan fingerprint density at radius 2 is 1.95 bits per heavy atom. The number of nitrogens with zero attached hydrogens (tertiary/aromatic N) is 2. The molecule has 0 radical (unpaired) electrons. The van der Waals surface area contributed by atoms with Gasteiger partial charge in [0.05, 0.1) is 23.1 Å². The molecule has 0 fully saturated rings. The van der Waals surface area contributed by atoms with E-state index < -0.39 is 0 Å². The second-order valence-electron chi connectivity index (χ2n) is 4.64. The van der Waals surface area contributed by atoms with Crippen molar-refractivity contribution in [2.24, 2.45) is 0 Å². The smallest absolute Gasteiger partial charge is 0.254 e. The molecule has 2 aromatic rings. The third-order valence-electron chi connectivity index (χ3n) is 3.16. The van der Waals surface area contributed by atoms with Crippen LogP contribution in [0, 0.1) is 12.7 Å². The van der Waals surface area contributed by atoms with Crippen LogP contribution in [0.1, 0.15) is 23.0 Å². The van der Waals surface area contributed by atoms with Crippen LogP contribution in [0.5, 0.6) is 0 Å². The number of benzene rings is 1. The van der Waals surface area contributed by atoms with Crippen LogP contribution in [0.3, 0.4) is 0 Å². The maximum absolute atomic E-state index is 12.9. The molecule has 0 saturated carbocycles. The van der Waals surface area contributed by atoms with Crippen molar-refractivity contribution in [3.63, 3.8) is 0 Å². The molecule has 22 heavy (non-hydrogen) atoms. The van der Waals surface area contributed by atoms with Gasteiger partial charge in [0.1, 0.15) is 5.82 Å². The summed E-state index contributed by atoms with van der Waals surface area (Å²) in [5, 5.41) is 10.2. The Bertz CT molecular complexity index is 613. The predicted molar refractivity (Wildman–Crippen MR) is 86.4 cm³/mol. The number of halogens is 2. The maximum atomic E-state index is 12.9. The summed E-state index contributed by atoms with van der Waals surface area (Å²) in [6.45, 7) is 5.99. The van der Waals surface area contributed by atoms with Crippen LogP contribution < -0.4 is 10.6 Å². The fraction of sp³-hybridized carbons (Fsp3) is 0.333. The summed E-state index contributed by atoms with van der Waals surface area (Å²) in [6.07, 6.45) is 1.53. The number of amides is 1. The minimum Gasteiger partial charge on any atom is -0.351 e. The lowest BCUT2D eigenvalue weighted by atomic mass is 10.2. The zero-order valence-corrected chi connectivity index (χ0v) is 13.4. The molecule has 5 nitrogen and oxygen atoms in total. The van der Waals surface area contributed by atoms with Crippen LogP contribution in [0.4, 0.5) is 4.39 Å². The van der Waals surface area contributed by atoms with Gasteiger partial charge in [0.25, 0.3) is 5.91 Å². The van der Waals surface area contributed by atoms with E-state index in [4.69, 9.17) is 0 Å². The second-order valence-corrected chi connectivity index (χ2v) is 4.64. The van der Waals surface area contributed by atoms with Crippen LogP contribution >= 0.6 is 12.4 Å². The van der Waals surface area contributed by atoms with Gasteiger partial charge in [-0.15, -0.1) is 12.4 Å². The number of carbonyl (C=O) groups is 1. The van der Waals surface area contributed by atoms with Crippen molar-refractivity contribution in [3.8, 4) is 5.69 Å². The van der Waals surface area contributed by atoms with E-state index in [0.29, 0.717) is 12.1 Å². The molecule has 0 bridgehead atoms. The van der Waals surface area contributed by atoms with Gasteiger partial charge in [-0.1, -0.05) is 6.92 Å². The first-order valence-corrected chi connectivity index (χ1v) is 6.93. The molecule has 0 atom stereocenters. The van der Waals surface area contributed by atoms with Crippen molar-refractivity contribution in [2.45, 2.75) is 13.8 Å². The number of carbonyl (C=O) groups excluding carboxylic acids is 1. The second kappa shape index (κ2) is 8.51. The molecule has 1 heterocycles. The number of hydrogen-bond acceptors (Lipinski definition) is 3. The van der Waals surface area contributed by atoms with Crippen molar-refractivity contribution in [1.82, 2.24) is 20.4 Å². The lowest BCUT2D eigenvalue weighted by molar-refractivity contribution is 0.0953. The Morgan fingerprint density at radius 1 is 1.27 bits per heavy atom. The van der Waals surface area contributed by atoms with Gasteiger partial charge in [0.2, 0.25) is 0 Å². The Kier molecular flexibility index (Phi) is 7.01. The minimum absolute atomic E-state index is 0. The summed E-state index contributed by atoms with van der Waals surface area (Å²) in [4.78, 5) is 12.1. The molecule has 0 saturated heterocycles. The fourth-order valence-corrected chi connectivity index (χ4v) is 2.01. The van der Waals surface area contributed by atoms with E-state index in [1.165, 1.54) is 18.3 Å². The average Bonchev–Trinajstić information content (AvgIpc) is 2.86. The highest BCUT2D eigenvalue weighted by atomic mass is 35.5. The summed E-state index contributed by atoms with van der Waals surface area (Å²) in [5.41, 5.74) is 1.97. The molecule has 2 rings (SSSR count). The normalized spacial score (nSPS) is 10.1. The first-order chi connectivity index (χ1) is 10.1. The molecule has 1 aromatic carbocycles.